The zero-order valence-electron chi connectivity index (χ0n) is 14.8. The lowest BCUT2D eigenvalue weighted by molar-refractivity contribution is -0.113. The Bertz CT molecular complexity index is 325. The first-order valence-corrected chi connectivity index (χ1v) is 8.14. The van der Waals surface area contributed by atoms with Gasteiger partial charge in [0.15, 0.2) is 5.96 Å². The average molecular weight is 427 g/mol. The van der Waals surface area contributed by atoms with E-state index in [-0.39, 0.29) is 29.4 Å². The minimum Gasteiger partial charge on any atom is -0.385 e. The van der Waals surface area contributed by atoms with Crippen LogP contribution < -0.4 is 10.6 Å². The lowest BCUT2D eigenvalue weighted by Gasteiger charge is -2.52. The van der Waals surface area contributed by atoms with Crippen LogP contribution in [0.5, 0.6) is 0 Å². The molecule has 0 aromatic heterocycles. The third-order valence-electron chi connectivity index (χ3n) is 4.35. The van der Waals surface area contributed by atoms with Crippen molar-refractivity contribution in [2.45, 2.75) is 58.6 Å². The number of guanidine groups is 1. The van der Waals surface area contributed by atoms with Crippen LogP contribution in [0.2, 0.25) is 0 Å². The van der Waals surface area contributed by atoms with Gasteiger partial charge in [0.25, 0.3) is 0 Å². The first-order valence-electron chi connectivity index (χ1n) is 8.14. The zero-order chi connectivity index (χ0) is 15.7. The highest BCUT2D eigenvalue weighted by atomic mass is 127. The maximum Gasteiger partial charge on any atom is 0.191 e. The van der Waals surface area contributed by atoms with Gasteiger partial charge in [-0.2, -0.15) is 0 Å². The van der Waals surface area contributed by atoms with Crippen LogP contribution in [-0.2, 0) is 9.47 Å². The molecule has 0 spiro atoms. The van der Waals surface area contributed by atoms with E-state index in [1.807, 2.05) is 7.05 Å². The Labute approximate surface area is 153 Å². The topological polar surface area (TPSA) is 54.9 Å². The SMILES string of the molecule is CCCCOC1CC(NC(=NC)NCCCOC)C1(C)C.I. The second-order valence-electron chi connectivity index (χ2n) is 6.31. The number of nitrogens with one attached hydrogen (secondary N) is 2. The van der Waals surface area contributed by atoms with Gasteiger partial charge in [0.1, 0.15) is 0 Å². The third kappa shape index (κ3) is 6.58. The second-order valence-corrected chi connectivity index (χ2v) is 6.31. The number of methoxy groups -OCH3 is 1. The molecule has 132 valence electrons. The predicted octanol–water partition coefficient (Wildman–Crippen LogP) is 2.79. The van der Waals surface area contributed by atoms with Crippen molar-refractivity contribution in [1.29, 1.82) is 0 Å². The summed E-state index contributed by atoms with van der Waals surface area (Å²) in [4.78, 5) is 4.29. The molecule has 0 saturated heterocycles. The Kier molecular flexibility index (Phi) is 11.4. The first-order chi connectivity index (χ1) is 10.1. The number of hydrogen-bond acceptors (Lipinski definition) is 3. The van der Waals surface area contributed by atoms with Crippen molar-refractivity contribution in [2.75, 3.05) is 33.9 Å². The van der Waals surface area contributed by atoms with Gasteiger partial charge in [0.05, 0.1) is 6.10 Å². The van der Waals surface area contributed by atoms with Crippen LogP contribution in [0.4, 0.5) is 0 Å². The van der Waals surface area contributed by atoms with Gasteiger partial charge in [-0.05, 0) is 19.3 Å². The number of rotatable bonds is 9. The van der Waals surface area contributed by atoms with Crippen molar-refractivity contribution < 1.29 is 9.47 Å². The quantitative estimate of drug-likeness (QED) is 0.257. The fraction of sp³-hybridized carbons (Fsp3) is 0.938. The van der Waals surface area contributed by atoms with Crippen molar-refractivity contribution in [3.05, 3.63) is 0 Å². The molecule has 1 saturated carbocycles. The maximum absolute atomic E-state index is 5.98. The molecule has 1 fully saturated rings. The number of unbranched alkanes of at least 4 members (excludes halogenated alkanes) is 1. The van der Waals surface area contributed by atoms with Crippen LogP contribution in [0.25, 0.3) is 0 Å². The van der Waals surface area contributed by atoms with E-state index in [4.69, 9.17) is 9.47 Å². The average Bonchev–Trinajstić information content (AvgIpc) is 2.47. The van der Waals surface area contributed by atoms with Crippen LogP contribution >= 0.6 is 24.0 Å². The highest BCUT2D eigenvalue weighted by molar-refractivity contribution is 14.0. The summed E-state index contributed by atoms with van der Waals surface area (Å²) in [5.74, 6) is 0.871. The van der Waals surface area contributed by atoms with Crippen molar-refractivity contribution in [3.8, 4) is 0 Å². The number of nitrogens with zero attached hydrogens (tertiary/aromatic N) is 1. The van der Waals surface area contributed by atoms with Crippen LogP contribution in [0, 0.1) is 5.41 Å². The number of aliphatic imine (C=N–C) groups is 1. The maximum atomic E-state index is 5.98. The summed E-state index contributed by atoms with van der Waals surface area (Å²) in [6.07, 6.45) is 4.72. The molecule has 22 heavy (non-hydrogen) atoms. The molecular formula is C16H34IN3O2. The van der Waals surface area contributed by atoms with Crippen molar-refractivity contribution >= 4 is 29.9 Å². The molecule has 5 nitrogen and oxygen atoms in total. The summed E-state index contributed by atoms with van der Waals surface area (Å²) >= 11 is 0. The van der Waals surface area contributed by atoms with Crippen molar-refractivity contribution in [2.24, 2.45) is 10.4 Å². The van der Waals surface area contributed by atoms with Gasteiger partial charge >= 0.3 is 0 Å². The molecule has 1 rings (SSSR count). The third-order valence-corrected chi connectivity index (χ3v) is 4.35. The fourth-order valence-electron chi connectivity index (χ4n) is 2.57. The Morgan fingerprint density at radius 3 is 2.55 bits per heavy atom. The van der Waals surface area contributed by atoms with Gasteiger partial charge in [0.2, 0.25) is 0 Å². The van der Waals surface area contributed by atoms with E-state index in [2.05, 4.69) is 36.4 Å². The molecule has 6 heteroatoms. The van der Waals surface area contributed by atoms with Crippen LogP contribution in [0.15, 0.2) is 4.99 Å². The molecule has 0 aromatic rings. The van der Waals surface area contributed by atoms with E-state index >= 15 is 0 Å². The van der Waals surface area contributed by atoms with Gasteiger partial charge in [-0.1, -0.05) is 27.2 Å². The van der Waals surface area contributed by atoms with Gasteiger partial charge in [-0.15, -0.1) is 24.0 Å². The lowest BCUT2D eigenvalue weighted by Crippen LogP contribution is -2.63. The van der Waals surface area contributed by atoms with Gasteiger partial charge < -0.3 is 20.1 Å². The lowest BCUT2D eigenvalue weighted by atomic mass is 9.64. The first kappa shape index (κ1) is 21.9. The second kappa shape index (κ2) is 11.5. The van der Waals surface area contributed by atoms with Gasteiger partial charge in [-0.3, -0.25) is 4.99 Å². The minimum atomic E-state index is 0. The standard InChI is InChI=1S/C16H33N3O2.HI/c1-6-7-11-21-14-12-13(16(14,2)3)19-15(17-4)18-9-8-10-20-5;/h13-14H,6-12H2,1-5H3,(H2,17,18,19);1H. The Morgan fingerprint density at radius 2 is 2.00 bits per heavy atom. The largest absolute Gasteiger partial charge is 0.385 e. The van der Waals surface area contributed by atoms with Gasteiger partial charge in [0, 0.05) is 45.4 Å². The van der Waals surface area contributed by atoms with Crippen LogP contribution in [0.3, 0.4) is 0 Å². The number of ether oxygens (including phenoxy) is 2. The normalized spacial score (nSPS) is 23.4. The number of hydrogen-bond donors (Lipinski definition) is 2. The summed E-state index contributed by atoms with van der Waals surface area (Å²) in [6, 6.07) is 0.415. The molecule has 2 N–H and O–H groups in total. The van der Waals surface area contributed by atoms with Crippen molar-refractivity contribution in [3.63, 3.8) is 0 Å². The number of halogens is 1. The van der Waals surface area contributed by atoms with Gasteiger partial charge in [-0.25, -0.2) is 0 Å². The Hall–Kier alpha value is -0.0800. The molecule has 1 aliphatic rings. The van der Waals surface area contributed by atoms with Crippen LogP contribution in [0.1, 0.15) is 46.5 Å². The van der Waals surface area contributed by atoms with E-state index in [0.29, 0.717) is 12.1 Å². The molecular weight excluding hydrogens is 393 g/mol. The molecule has 1 aliphatic carbocycles. The van der Waals surface area contributed by atoms with E-state index in [1.54, 1.807) is 7.11 Å². The van der Waals surface area contributed by atoms with E-state index in [1.165, 1.54) is 6.42 Å². The highest BCUT2D eigenvalue weighted by Gasteiger charge is 2.49. The summed E-state index contributed by atoms with van der Waals surface area (Å²) < 4.78 is 11.0. The summed E-state index contributed by atoms with van der Waals surface area (Å²) in [7, 11) is 3.54. The fourth-order valence-corrected chi connectivity index (χ4v) is 2.57. The Morgan fingerprint density at radius 1 is 1.27 bits per heavy atom. The molecule has 2 unspecified atom stereocenters. The predicted molar refractivity (Wildman–Crippen MR) is 103 cm³/mol. The molecule has 2 atom stereocenters. The summed E-state index contributed by atoms with van der Waals surface area (Å²) in [5, 5.41) is 6.84. The van der Waals surface area contributed by atoms with E-state index < -0.39 is 0 Å². The molecule has 0 heterocycles. The van der Waals surface area contributed by atoms with Crippen molar-refractivity contribution in [1.82, 2.24) is 10.6 Å². The Balaban J connectivity index is 0.00000441. The van der Waals surface area contributed by atoms with E-state index in [0.717, 1.165) is 45.0 Å². The van der Waals surface area contributed by atoms with Crippen LogP contribution in [-0.4, -0.2) is 52.0 Å². The monoisotopic (exact) mass is 427 g/mol. The highest BCUT2D eigenvalue weighted by Crippen LogP contribution is 2.42. The molecule has 0 aromatic carbocycles. The van der Waals surface area contributed by atoms with E-state index in [9.17, 15) is 0 Å². The summed E-state index contributed by atoms with van der Waals surface area (Å²) in [5.41, 5.74) is 0.151. The molecule has 0 amide bonds. The summed E-state index contributed by atoms with van der Waals surface area (Å²) in [6.45, 7) is 9.25. The molecule has 0 aliphatic heterocycles. The smallest absolute Gasteiger partial charge is 0.191 e. The minimum absolute atomic E-state index is 0. The molecule has 0 radical (unpaired) electrons. The zero-order valence-corrected chi connectivity index (χ0v) is 17.1. The molecule has 0 bridgehead atoms.